The minimum absolute atomic E-state index is 1.02. The van der Waals surface area contributed by atoms with Gasteiger partial charge in [-0.2, -0.15) is 0 Å². The van der Waals surface area contributed by atoms with Gasteiger partial charge in [0.1, 0.15) is 0 Å². The predicted octanol–water partition coefficient (Wildman–Crippen LogP) is 4.94. The Morgan fingerprint density at radius 2 is 2.00 bits per heavy atom. The summed E-state index contributed by atoms with van der Waals surface area (Å²) in [6.07, 6.45) is 10.9. The summed E-state index contributed by atoms with van der Waals surface area (Å²) in [5.41, 5.74) is 5.21. The van der Waals surface area contributed by atoms with E-state index in [4.69, 9.17) is 0 Å². The average molecular weight is 335 g/mol. The summed E-state index contributed by atoms with van der Waals surface area (Å²) in [7, 11) is 3.96. The van der Waals surface area contributed by atoms with Crippen molar-refractivity contribution in [3.8, 4) is 0 Å². The van der Waals surface area contributed by atoms with Crippen molar-refractivity contribution in [2.75, 3.05) is 20.6 Å². The molecule has 0 bridgehead atoms. The van der Waals surface area contributed by atoms with Gasteiger partial charge in [-0.1, -0.05) is 44.7 Å². The molecule has 3 nitrogen and oxygen atoms in total. The number of aliphatic imine (C=N–C) groups is 1. The van der Waals surface area contributed by atoms with Gasteiger partial charge in [-0.05, 0) is 36.4 Å². The Labute approximate surface area is 151 Å². The van der Waals surface area contributed by atoms with E-state index in [9.17, 15) is 0 Å². The van der Waals surface area contributed by atoms with Crippen LogP contribution in [0.5, 0.6) is 0 Å². The van der Waals surface area contributed by atoms with E-state index in [1.807, 2.05) is 26.0 Å². The van der Waals surface area contributed by atoms with Crippen molar-refractivity contribution < 1.29 is 0 Å². The highest BCUT2D eigenvalue weighted by molar-refractivity contribution is 5.88. The van der Waals surface area contributed by atoms with E-state index in [0.29, 0.717) is 0 Å². The van der Waals surface area contributed by atoms with Crippen LogP contribution >= 0.6 is 0 Å². The first-order valence-electron chi connectivity index (χ1n) is 8.97. The van der Waals surface area contributed by atoms with E-state index in [1.54, 1.807) is 13.3 Å². The monoisotopic (exact) mass is 335 g/mol. The molecule has 0 fully saturated rings. The molecule has 0 atom stereocenters. The first-order valence-corrected chi connectivity index (χ1v) is 8.97. The molecule has 3 rings (SSSR count). The smallest absolute Gasteiger partial charge is 0.0528 e. The third-order valence-corrected chi connectivity index (χ3v) is 4.35. The van der Waals surface area contributed by atoms with Gasteiger partial charge in [-0.15, -0.1) is 0 Å². The van der Waals surface area contributed by atoms with Gasteiger partial charge >= 0.3 is 0 Å². The highest BCUT2D eigenvalue weighted by Gasteiger charge is 2.20. The highest BCUT2D eigenvalue weighted by atomic mass is 15.1. The quantitative estimate of drug-likeness (QED) is 0.572. The van der Waals surface area contributed by atoms with Gasteiger partial charge in [0.05, 0.1) is 5.52 Å². The zero-order valence-corrected chi connectivity index (χ0v) is 15.9. The van der Waals surface area contributed by atoms with Gasteiger partial charge in [0.25, 0.3) is 0 Å². The van der Waals surface area contributed by atoms with Crippen LogP contribution in [0, 0.1) is 0 Å². The molecule has 3 heteroatoms. The molecule has 0 spiro atoms. The van der Waals surface area contributed by atoms with Crippen molar-refractivity contribution in [3.05, 3.63) is 65.9 Å². The van der Waals surface area contributed by atoms with Crippen molar-refractivity contribution in [1.82, 2.24) is 9.47 Å². The normalized spacial score (nSPS) is 15.4. The van der Waals surface area contributed by atoms with Gasteiger partial charge in [0.2, 0.25) is 0 Å². The molecule has 25 heavy (non-hydrogen) atoms. The molecule has 1 aliphatic heterocycles. The topological polar surface area (TPSA) is 20.5 Å². The molecule has 0 saturated carbocycles. The summed E-state index contributed by atoms with van der Waals surface area (Å²) in [6, 6.07) is 8.66. The van der Waals surface area contributed by atoms with Crippen LogP contribution in [0.3, 0.4) is 0 Å². The second-order valence-electron chi connectivity index (χ2n) is 5.89. The maximum absolute atomic E-state index is 4.00. The summed E-state index contributed by atoms with van der Waals surface area (Å²) in [6.45, 7) is 9.99. The van der Waals surface area contributed by atoms with Gasteiger partial charge < -0.3 is 9.47 Å². The largest absolute Gasteiger partial charge is 0.320 e. The number of benzene rings is 1. The first kappa shape index (κ1) is 18.9. The number of rotatable bonds is 4. The van der Waals surface area contributed by atoms with Crippen LogP contribution in [0.2, 0.25) is 0 Å². The van der Waals surface area contributed by atoms with Crippen molar-refractivity contribution in [1.29, 1.82) is 0 Å². The standard InChI is InChI=1S/C20H23N3.C2H6/c1-4-16(9-12-21-2)10-14-23-19-8-6-5-7-17(19)18-15-22(3)13-11-20(18)23;1-2/h4-10,12,14H,1,11,13,15H2,2-3H3;1-2H3/b14-10+,16-9+,21-12?;. The Morgan fingerprint density at radius 1 is 1.24 bits per heavy atom. The molecule has 1 aromatic heterocycles. The van der Waals surface area contributed by atoms with E-state index in [2.05, 4.69) is 64.6 Å². The van der Waals surface area contributed by atoms with E-state index in [1.165, 1.54) is 22.2 Å². The van der Waals surface area contributed by atoms with Crippen LogP contribution < -0.4 is 0 Å². The predicted molar refractivity (Wildman–Crippen MR) is 111 cm³/mol. The molecule has 2 aromatic rings. The summed E-state index contributed by atoms with van der Waals surface area (Å²) >= 11 is 0. The molecule has 2 heterocycles. The molecule has 0 aliphatic carbocycles. The highest BCUT2D eigenvalue weighted by Crippen LogP contribution is 2.30. The van der Waals surface area contributed by atoms with Crippen LogP contribution in [-0.4, -0.2) is 36.3 Å². The number of hydrogen-bond acceptors (Lipinski definition) is 2. The third-order valence-electron chi connectivity index (χ3n) is 4.35. The Kier molecular flexibility index (Phi) is 6.96. The van der Waals surface area contributed by atoms with Crippen molar-refractivity contribution in [2.24, 2.45) is 4.99 Å². The molecule has 0 radical (unpaired) electrons. The second kappa shape index (κ2) is 9.19. The minimum Gasteiger partial charge on any atom is -0.320 e. The summed E-state index contributed by atoms with van der Waals surface area (Å²) in [5, 5.41) is 1.36. The van der Waals surface area contributed by atoms with E-state index in [-0.39, 0.29) is 0 Å². The second-order valence-corrected chi connectivity index (χ2v) is 5.89. The summed E-state index contributed by atoms with van der Waals surface area (Å²) < 4.78 is 2.33. The Hall–Kier alpha value is -2.39. The lowest BCUT2D eigenvalue weighted by molar-refractivity contribution is 0.312. The fraction of sp³-hybridized carbons (Fsp3) is 0.318. The zero-order chi connectivity index (χ0) is 18.2. The number of nitrogens with zero attached hydrogens (tertiary/aromatic N) is 3. The SMILES string of the molecule is C=CC(/C=C/n1c2c(c3ccccc31)CN(C)CC2)=C\C=NC.CC. The van der Waals surface area contributed by atoms with E-state index in [0.717, 1.165) is 25.1 Å². The van der Waals surface area contributed by atoms with E-state index < -0.39 is 0 Å². The van der Waals surface area contributed by atoms with Gasteiger partial charge in [0.15, 0.2) is 0 Å². The van der Waals surface area contributed by atoms with Crippen LogP contribution in [-0.2, 0) is 13.0 Å². The number of aromatic nitrogens is 1. The Bertz CT molecular complexity index is 806. The van der Waals surface area contributed by atoms with Crippen LogP contribution in [0.4, 0.5) is 0 Å². The van der Waals surface area contributed by atoms with Crippen molar-refractivity contribution >= 4 is 23.3 Å². The fourth-order valence-corrected chi connectivity index (χ4v) is 3.16. The third kappa shape index (κ3) is 4.18. The molecule has 1 aliphatic rings. The number of likely N-dealkylation sites (N-methyl/N-ethyl adjacent to an activating group) is 1. The first-order chi connectivity index (χ1) is 12.2. The van der Waals surface area contributed by atoms with E-state index >= 15 is 0 Å². The molecule has 0 N–H and O–H groups in total. The fourth-order valence-electron chi connectivity index (χ4n) is 3.16. The molecular weight excluding hydrogens is 306 g/mol. The molecule has 0 unspecified atom stereocenters. The van der Waals surface area contributed by atoms with Crippen LogP contribution in [0.25, 0.3) is 17.1 Å². The lowest BCUT2D eigenvalue weighted by Crippen LogP contribution is -2.26. The van der Waals surface area contributed by atoms with Crippen LogP contribution in [0.1, 0.15) is 25.1 Å². The lowest BCUT2D eigenvalue weighted by Gasteiger charge is -2.23. The van der Waals surface area contributed by atoms with Crippen molar-refractivity contribution in [3.63, 3.8) is 0 Å². The number of para-hydroxylation sites is 1. The van der Waals surface area contributed by atoms with Gasteiger partial charge in [-0.25, -0.2) is 0 Å². The maximum atomic E-state index is 4.00. The maximum Gasteiger partial charge on any atom is 0.0528 e. The molecule has 0 amide bonds. The Morgan fingerprint density at radius 3 is 2.72 bits per heavy atom. The average Bonchev–Trinajstić information content (AvgIpc) is 2.97. The van der Waals surface area contributed by atoms with Gasteiger partial charge in [0, 0.05) is 50.1 Å². The molecular formula is C22H29N3. The molecule has 1 aromatic carbocycles. The number of hydrogen-bond donors (Lipinski definition) is 0. The number of allylic oxidation sites excluding steroid dienone is 4. The summed E-state index contributed by atoms with van der Waals surface area (Å²) in [4.78, 5) is 6.39. The number of fused-ring (bicyclic) bond motifs is 3. The van der Waals surface area contributed by atoms with Crippen LogP contribution in [0.15, 0.2) is 59.6 Å². The van der Waals surface area contributed by atoms with Gasteiger partial charge in [-0.3, -0.25) is 4.99 Å². The summed E-state index contributed by atoms with van der Waals surface area (Å²) in [5.74, 6) is 0. The zero-order valence-electron chi connectivity index (χ0n) is 15.9. The Balaban J connectivity index is 0.00000109. The minimum atomic E-state index is 1.02. The van der Waals surface area contributed by atoms with Crippen molar-refractivity contribution in [2.45, 2.75) is 26.8 Å². The molecule has 132 valence electrons. The lowest BCUT2D eigenvalue weighted by atomic mass is 10.1. The molecule has 0 saturated heterocycles.